The van der Waals surface area contributed by atoms with Crippen LogP contribution in [0.4, 0.5) is 9.18 Å². The lowest BCUT2D eigenvalue weighted by Gasteiger charge is -2.12. The van der Waals surface area contributed by atoms with Crippen LogP contribution in [0.1, 0.15) is 28.4 Å². The van der Waals surface area contributed by atoms with Gasteiger partial charge in [-0.2, -0.15) is 0 Å². The number of halogens is 1. The van der Waals surface area contributed by atoms with E-state index in [0.29, 0.717) is 17.7 Å². The zero-order valence-electron chi connectivity index (χ0n) is 15.0. The maximum atomic E-state index is 13.7. The van der Waals surface area contributed by atoms with Gasteiger partial charge in [0.25, 0.3) is 11.1 Å². The molecule has 1 atom stereocenters. The minimum atomic E-state index is -0.568. The van der Waals surface area contributed by atoms with Crippen LogP contribution in [-0.2, 0) is 17.8 Å². The van der Waals surface area contributed by atoms with Gasteiger partial charge in [-0.05, 0) is 31.0 Å². The molecule has 3 rings (SSSR count). The highest BCUT2D eigenvalue weighted by Gasteiger charge is 2.32. The van der Waals surface area contributed by atoms with E-state index in [-0.39, 0.29) is 30.3 Å². The van der Waals surface area contributed by atoms with E-state index in [1.165, 1.54) is 12.3 Å². The van der Waals surface area contributed by atoms with Crippen molar-refractivity contribution in [2.24, 2.45) is 0 Å². The van der Waals surface area contributed by atoms with Gasteiger partial charge in [-0.1, -0.05) is 30.0 Å². The van der Waals surface area contributed by atoms with Gasteiger partial charge in [-0.3, -0.25) is 19.7 Å². The summed E-state index contributed by atoms with van der Waals surface area (Å²) >= 11 is 0.906. The number of benzene rings is 1. The Morgan fingerprint density at radius 1 is 1.36 bits per heavy atom. The van der Waals surface area contributed by atoms with Crippen molar-refractivity contribution in [1.82, 2.24) is 15.6 Å². The number of hydrogen-bond acceptors (Lipinski definition) is 6. The van der Waals surface area contributed by atoms with E-state index in [1.54, 1.807) is 31.2 Å². The summed E-state index contributed by atoms with van der Waals surface area (Å²) in [5, 5.41) is 3.92. The third-order valence-electron chi connectivity index (χ3n) is 4.02. The molecule has 0 saturated carbocycles. The van der Waals surface area contributed by atoms with Crippen LogP contribution in [0.2, 0.25) is 0 Å². The molecule has 1 aromatic heterocycles. The summed E-state index contributed by atoms with van der Waals surface area (Å²) in [7, 11) is 0. The summed E-state index contributed by atoms with van der Waals surface area (Å²) in [4.78, 5) is 39.9. The quantitative estimate of drug-likeness (QED) is 0.737. The normalized spacial score (nSPS) is 16.0. The average Bonchev–Trinajstić information content (AvgIpc) is 2.99. The summed E-state index contributed by atoms with van der Waals surface area (Å²) in [6, 6.07) is 7.74. The molecule has 0 radical (unpaired) electrons. The number of nitrogens with one attached hydrogen (secondary N) is 2. The fraction of sp³-hybridized carbons (Fsp3) is 0.263. The maximum absolute atomic E-state index is 13.7. The summed E-state index contributed by atoms with van der Waals surface area (Å²) in [5.41, 5.74) is 1.16. The number of amides is 3. The summed E-state index contributed by atoms with van der Waals surface area (Å²) < 4.78 is 19.2. The fourth-order valence-electron chi connectivity index (χ4n) is 2.68. The average molecular weight is 403 g/mol. The monoisotopic (exact) mass is 403 g/mol. The van der Waals surface area contributed by atoms with Crippen molar-refractivity contribution >= 4 is 28.8 Å². The number of pyridine rings is 1. The highest BCUT2D eigenvalue weighted by Crippen LogP contribution is 2.25. The van der Waals surface area contributed by atoms with Gasteiger partial charge in [0.2, 0.25) is 11.8 Å². The standard InChI is InChI=1S/C19H18FN3O4S/c1-2-27-18-13(16(24)21-10-12-5-3-4-6-14(12)20)7-11(9-22-18)8-15-17(25)23-19(26)28-15/h3-7,9,15H,2,8,10H2,1H3,(H,21,24)(H,23,25,26). The number of imide groups is 1. The second-order valence-electron chi connectivity index (χ2n) is 5.99. The molecule has 1 saturated heterocycles. The van der Waals surface area contributed by atoms with E-state index in [1.807, 2.05) is 0 Å². The molecule has 3 amide bonds. The van der Waals surface area contributed by atoms with Crippen LogP contribution in [0.15, 0.2) is 36.5 Å². The lowest BCUT2D eigenvalue weighted by molar-refractivity contribution is -0.118. The van der Waals surface area contributed by atoms with Gasteiger partial charge in [0.05, 0.1) is 11.9 Å². The smallest absolute Gasteiger partial charge is 0.286 e. The molecule has 1 unspecified atom stereocenters. The van der Waals surface area contributed by atoms with Crippen LogP contribution >= 0.6 is 11.8 Å². The molecule has 9 heteroatoms. The van der Waals surface area contributed by atoms with E-state index >= 15 is 0 Å². The van der Waals surface area contributed by atoms with Crippen molar-refractivity contribution in [2.75, 3.05) is 6.61 Å². The number of thioether (sulfide) groups is 1. The molecule has 1 aliphatic heterocycles. The Morgan fingerprint density at radius 3 is 2.82 bits per heavy atom. The van der Waals surface area contributed by atoms with Crippen LogP contribution < -0.4 is 15.4 Å². The Morgan fingerprint density at radius 2 is 2.14 bits per heavy atom. The lowest BCUT2D eigenvalue weighted by atomic mass is 10.1. The van der Waals surface area contributed by atoms with Gasteiger partial charge in [0.15, 0.2) is 0 Å². The Labute approximate surface area is 165 Å². The van der Waals surface area contributed by atoms with Crippen LogP contribution in [0, 0.1) is 5.82 Å². The first-order valence-corrected chi connectivity index (χ1v) is 9.50. The largest absolute Gasteiger partial charge is 0.477 e. The van der Waals surface area contributed by atoms with Crippen molar-refractivity contribution in [3.05, 3.63) is 59.0 Å². The predicted molar refractivity (Wildman–Crippen MR) is 102 cm³/mol. The maximum Gasteiger partial charge on any atom is 0.286 e. The van der Waals surface area contributed by atoms with Crippen molar-refractivity contribution in [1.29, 1.82) is 0 Å². The topological polar surface area (TPSA) is 97.4 Å². The zero-order chi connectivity index (χ0) is 20.1. The minimum absolute atomic E-state index is 0.0106. The van der Waals surface area contributed by atoms with Gasteiger partial charge in [-0.15, -0.1) is 0 Å². The molecule has 0 bridgehead atoms. The predicted octanol–water partition coefficient (Wildman–Crippen LogP) is 2.44. The third-order valence-corrected chi connectivity index (χ3v) is 5.00. The molecular weight excluding hydrogens is 385 g/mol. The molecule has 2 heterocycles. The highest BCUT2D eigenvalue weighted by molar-refractivity contribution is 8.15. The number of carbonyl (C=O) groups excluding carboxylic acids is 3. The van der Waals surface area contributed by atoms with Crippen molar-refractivity contribution in [3.63, 3.8) is 0 Å². The van der Waals surface area contributed by atoms with E-state index in [0.717, 1.165) is 11.8 Å². The zero-order valence-corrected chi connectivity index (χ0v) is 15.8. The number of hydrogen-bond donors (Lipinski definition) is 2. The number of rotatable bonds is 7. The van der Waals surface area contributed by atoms with E-state index < -0.39 is 22.2 Å². The van der Waals surface area contributed by atoms with E-state index in [4.69, 9.17) is 4.74 Å². The van der Waals surface area contributed by atoms with Gasteiger partial charge >= 0.3 is 0 Å². The molecule has 0 aliphatic carbocycles. The molecular formula is C19H18FN3O4S. The SMILES string of the molecule is CCOc1ncc(CC2SC(=O)NC2=O)cc1C(=O)NCc1ccccc1F. The number of aromatic nitrogens is 1. The van der Waals surface area contributed by atoms with Gasteiger partial charge in [0, 0.05) is 18.3 Å². The Bertz CT molecular complexity index is 922. The van der Waals surface area contributed by atoms with E-state index in [2.05, 4.69) is 15.6 Å². The Hall–Kier alpha value is -2.94. The summed E-state index contributed by atoms with van der Waals surface area (Å²) in [6.45, 7) is 2.09. The number of carbonyl (C=O) groups is 3. The molecule has 1 aromatic carbocycles. The molecule has 1 fully saturated rings. The summed E-state index contributed by atoms with van der Waals surface area (Å²) in [5.74, 6) is -1.10. The Kier molecular flexibility index (Phi) is 6.25. The van der Waals surface area contributed by atoms with Crippen molar-refractivity contribution < 1.29 is 23.5 Å². The molecule has 7 nitrogen and oxygen atoms in total. The van der Waals surface area contributed by atoms with Gasteiger partial charge in [0.1, 0.15) is 11.4 Å². The fourth-order valence-corrected chi connectivity index (χ4v) is 3.54. The highest BCUT2D eigenvalue weighted by atomic mass is 32.2. The van der Waals surface area contributed by atoms with Crippen LogP contribution in [0.5, 0.6) is 5.88 Å². The molecule has 28 heavy (non-hydrogen) atoms. The second kappa shape index (κ2) is 8.83. The van der Waals surface area contributed by atoms with Gasteiger partial charge < -0.3 is 10.1 Å². The van der Waals surface area contributed by atoms with E-state index in [9.17, 15) is 18.8 Å². The summed E-state index contributed by atoms with van der Waals surface area (Å²) in [6.07, 6.45) is 1.75. The number of nitrogens with zero attached hydrogens (tertiary/aromatic N) is 1. The van der Waals surface area contributed by atoms with Crippen molar-refractivity contribution in [2.45, 2.75) is 25.1 Å². The first-order valence-electron chi connectivity index (χ1n) is 8.62. The third kappa shape index (κ3) is 4.66. The van der Waals surface area contributed by atoms with Crippen LogP contribution in [0.3, 0.4) is 0 Å². The van der Waals surface area contributed by atoms with Crippen LogP contribution in [0.25, 0.3) is 0 Å². The molecule has 1 aliphatic rings. The number of ether oxygens (including phenoxy) is 1. The minimum Gasteiger partial charge on any atom is -0.477 e. The van der Waals surface area contributed by atoms with Crippen LogP contribution in [-0.4, -0.2) is 33.9 Å². The molecule has 0 spiro atoms. The molecule has 2 N–H and O–H groups in total. The molecule has 146 valence electrons. The Balaban J connectivity index is 1.77. The first-order chi connectivity index (χ1) is 13.5. The second-order valence-corrected chi connectivity index (χ2v) is 7.17. The van der Waals surface area contributed by atoms with Crippen molar-refractivity contribution in [3.8, 4) is 5.88 Å². The first kappa shape index (κ1) is 19.8. The lowest BCUT2D eigenvalue weighted by Crippen LogP contribution is -2.26. The molecule has 2 aromatic rings. The van der Waals surface area contributed by atoms with Gasteiger partial charge in [-0.25, -0.2) is 9.37 Å².